The first-order valence-corrected chi connectivity index (χ1v) is 11.3. The molecule has 1 saturated carbocycles. The summed E-state index contributed by atoms with van der Waals surface area (Å²) in [6, 6.07) is 6.18. The Kier molecular flexibility index (Phi) is 3.84. The normalized spacial score (nSPS) is 26.6. The molecule has 0 amide bonds. The Hall–Kier alpha value is -1.14. The first kappa shape index (κ1) is 15.4. The van der Waals surface area contributed by atoms with Crippen molar-refractivity contribution in [2.24, 2.45) is 5.92 Å². The topological polar surface area (TPSA) is 63.2 Å². The zero-order valence-electron chi connectivity index (χ0n) is 13.0. The summed E-state index contributed by atoms with van der Waals surface area (Å²) < 4.78 is 35.7. The van der Waals surface area contributed by atoms with Crippen molar-refractivity contribution >= 4 is 31.9 Å². The second-order valence-electron chi connectivity index (χ2n) is 6.84. The quantitative estimate of drug-likeness (QED) is 0.906. The lowest BCUT2D eigenvalue weighted by Gasteiger charge is -2.25. The average Bonchev–Trinajstić information content (AvgIpc) is 3.26. The van der Waals surface area contributed by atoms with Crippen LogP contribution in [0.25, 0.3) is 5.57 Å². The highest BCUT2D eigenvalue weighted by Gasteiger charge is 2.30. The zero-order valence-corrected chi connectivity index (χ0v) is 14.6. The van der Waals surface area contributed by atoms with Crippen molar-refractivity contribution in [2.45, 2.75) is 43.0 Å². The fourth-order valence-electron chi connectivity index (χ4n) is 3.42. The monoisotopic (exact) mass is 351 g/mol. The number of nitrogens with one attached hydrogen (secondary N) is 1. The summed E-state index contributed by atoms with van der Waals surface area (Å²) in [5, 5.41) is 5.35. The van der Waals surface area contributed by atoms with Crippen LogP contribution in [0.2, 0.25) is 0 Å². The SMILES string of the molecule is O=S1C=C(CC2CC2)c2cccc(NC3CCS(=O)(=O)CC3)c21. The van der Waals surface area contributed by atoms with Crippen LogP contribution in [0.3, 0.4) is 0 Å². The van der Waals surface area contributed by atoms with E-state index in [9.17, 15) is 12.6 Å². The smallest absolute Gasteiger partial charge is 0.150 e. The minimum absolute atomic E-state index is 0.148. The van der Waals surface area contributed by atoms with Crippen LogP contribution in [-0.2, 0) is 20.6 Å². The molecule has 0 radical (unpaired) electrons. The molecule has 1 aliphatic carbocycles. The van der Waals surface area contributed by atoms with Crippen molar-refractivity contribution in [1.82, 2.24) is 0 Å². The number of fused-ring (bicyclic) bond motifs is 1. The highest BCUT2D eigenvalue weighted by Crippen LogP contribution is 2.44. The van der Waals surface area contributed by atoms with E-state index >= 15 is 0 Å². The van der Waals surface area contributed by atoms with Gasteiger partial charge in [0.15, 0.2) is 0 Å². The number of rotatable bonds is 4. The van der Waals surface area contributed by atoms with Gasteiger partial charge in [-0.15, -0.1) is 0 Å². The predicted octanol–water partition coefficient (Wildman–Crippen LogP) is 2.94. The lowest BCUT2D eigenvalue weighted by Crippen LogP contribution is -2.32. The Morgan fingerprint density at radius 1 is 1.13 bits per heavy atom. The van der Waals surface area contributed by atoms with Crippen molar-refractivity contribution in [1.29, 1.82) is 0 Å². The molecule has 1 N–H and O–H groups in total. The van der Waals surface area contributed by atoms with Crippen LogP contribution in [0.5, 0.6) is 0 Å². The van der Waals surface area contributed by atoms with Crippen molar-refractivity contribution in [2.75, 3.05) is 16.8 Å². The van der Waals surface area contributed by atoms with E-state index < -0.39 is 20.6 Å². The maximum atomic E-state index is 12.5. The summed E-state index contributed by atoms with van der Waals surface area (Å²) in [5.41, 5.74) is 3.24. The lowest BCUT2D eigenvalue weighted by atomic mass is 10.0. The Morgan fingerprint density at radius 3 is 2.57 bits per heavy atom. The van der Waals surface area contributed by atoms with Crippen LogP contribution in [0, 0.1) is 5.92 Å². The van der Waals surface area contributed by atoms with E-state index in [0.717, 1.165) is 28.5 Å². The zero-order chi connectivity index (χ0) is 16.0. The van der Waals surface area contributed by atoms with E-state index in [0.29, 0.717) is 12.8 Å². The van der Waals surface area contributed by atoms with Crippen LogP contribution in [-0.4, -0.2) is 30.2 Å². The number of hydrogen-bond acceptors (Lipinski definition) is 4. The molecule has 124 valence electrons. The molecule has 0 bridgehead atoms. The minimum atomic E-state index is -2.86. The predicted molar refractivity (Wildman–Crippen MR) is 93.5 cm³/mol. The summed E-state index contributed by atoms with van der Waals surface area (Å²) in [5.74, 6) is 1.26. The number of sulfone groups is 1. The Labute approximate surface area is 139 Å². The molecule has 1 unspecified atom stereocenters. The maximum absolute atomic E-state index is 12.5. The second-order valence-corrected chi connectivity index (χ2v) is 10.4. The number of anilines is 1. The molecule has 4 nitrogen and oxygen atoms in total. The third kappa shape index (κ3) is 3.24. The molecule has 2 aliphatic heterocycles. The van der Waals surface area contributed by atoms with Crippen molar-refractivity contribution < 1.29 is 12.6 Å². The van der Waals surface area contributed by atoms with E-state index in [-0.39, 0.29) is 17.5 Å². The molecule has 1 aromatic rings. The summed E-state index contributed by atoms with van der Waals surface area (Å²) >= 11 is 0. The lowest BCUT2D eigenvalue weighted by molar-refractivity contribution is 0.559. The van der Waals surface area contributed by atoms with Crippen molar-refractivity contribution in [3.8, 4) is 0 Å². The standard InChI is InChI=1S/C17H21NO3S2/c19-22-11-13(10-12-4-5-12)15-2-1-3-16(17(15)22)18-14-6-8-23(20,21)9-7-14/h1-3,11-12,14,18H,4-10H2. The van der Waals surface area contributed by atoms with E-state index in [1.165, 1.54) is 18.4 Å². The van der Waals surface area contributed by atoms with E-state index in [1.807, 2.05) is 17.5 Å². The van der Waals surface area contributed by atoms with Gasteiger partial charge in [0, 0.05) is 11.4 Å². The highest BCUT2D eigenvalue weighted by atomic mass is 32.2. The van der Waals surface area contributed by atoms with E-state index in [4.69, 9.17) is 0 Å². The van der Waals surface area contributed by atoms with Gasteiger partial charge in [0.2, 0.25) is 0 Å². The van der Waals surface area contributed by atoms with E-state index in [1.54, 1.807) is 0 Å². The maximum Gasteiger partial charge on any atom is 0.150 e. The fraction of sp³-hybridized carbons (Fsp3) is 0.529. The molecular weight excluding hydrogens is 330 g/mol. The largest absolute Gasteiger partial charge is 0.381 e. The molecule has 6 heteroatoms. The van der Waals surface area contributed by atoms with Crippen molar-refractivity contribution in [3.63, 3.8) is 0 Å². The highest BCUT2D eigenvalue weighted by molar-refractivity contribution is 7.91. The summed E-state index contributed by atoms with van der Waals surface area (Å²) in [7, 11) is -3.95. The molecule has 2 fully saturated rings. The van der Waals surface area contributed by atoms with Gasteiger partial charge in [0.25, 0.3) is 0 Å². The number of hydrogen-bond donors (Lipinski definition) is 1. The van der Waals surface area contributed by atoms with Crippen LogP contribution in [0.15, 0.2) is 28.5 Å². The number of allylic oxidation sites excluding steroid dienone is 1. The van der Waals surface area contributed by atoms with Gasteiger partial charge < -0.3 is 5.32 Å². The molecular formula is C17H21NO3S2. The van der Waals surface area contributed by atoms with Crippen LogP contribution < -0.4 is 5.32 Å². The first-order chi connectivity index (χ1) is 11.0. The van der Waals surface area contributed by atoms with Gasteiger partial charge in [-0.25, -0.2) is 12.6 Å². The molecule has 0 aromatic heterocycles. The Morgan fingerprint density at radius 2 is 1.87 bits per heavy atom. The Bertz CT molecular complexity index is 780. The van der Waals surface area contributed by atoms with Crippen LogP contribution in [0.1, 0.15) is 37.7 Å². The summed E-state index contributed by atoms with van der Waals surface area (Å²) in [4.78, 5) is 0.886. The third-order valence-electron chi connectivity index (χ3n) is 4.93. The number of benzene rings is 1. The fourth-order valence-corrected chi connectivity index (χ4v) is 6.27. The third-order valence-corrected chi connectivity index (χ3v) is 7.99. The molecule has 23 heavy (non-hydrogen) atoms. The van der Waals surface area contributed by atoms with Gasteiger partial charge in [-0.2, -0.15) is 0 Å². The van der Waals surface area contributed by atoms with Gasteiger partial charge in [0.05, 0.1) is 32.9 Å². The van der Waals surface area contributed by atoms with Crippen molar-refractivity contribution in [3.05, 3.63) is 29.2 Å². The summed E-state index contributed by atoms with van der Waals surface area (Å²) in [6.07, 6.45) is 4.85. The molecule has 4 rings (SSSR count). The first-order valence-electron chi connectivity index (χ1n) is 8.23. The molecule has 1 saturated heterocycles. The molecule has 0 spiro atoms. The minimum Gasteiger partial charge on any atom is -0.381 e. The van der Waals surface area contributed by atoms with E-state index in [2.05, 4.69) is 11.4 Å². The van der Waals surface area contributed by atoms with Gasteiger partial charge in [0.1, 0.15) is 9.84 Å². The second kappa shape index (κ2) is 5.74. The summed E-state index contributed by atoms with van der Waals surface area (Å²) in [6.45, 7) is 0. The molecule has 3 aliphatic rings. The molecule has 1 atom stereocenters. The Balaban J connectivity index is 1.55. The molecule has 1 aromatic carbocycles. The van der Waals surface area contributed by atoms with Gasteiger partial charge in [-0.05, 0) is 55.2 Å². The average molecular weight is 351 g/mol. The van der Waals surface area contributed by atoms with Crippen LogP contribution in [0.4, 0.5) is 5.69 Å². The van der Waals surface area contributed by atoms with Crippen LogP contribution >= 0.6 is 0 Å². The van der Waals surface area contributed by atoms with Gasteiger partial charge in [-0.3, -0.25) is 0 Å². The van der Waals surface area contributed by atoms with Gasteiger partial charge >= 0.3 is 0 Å². The molecule has 2 heterocycles. The van der Waals surface area contributed by atoms with Gasteiger partial charge in [-0.1, -0.05) is 12.1 Å².